The van der Waals surface area contributed by atoms with E-state index in [4.69, 9.17) is 5.10 Å². The Hall–Kier alpha value is -3.91. The van der Waals surface area contributed by atoms with E-state index in [-0.39, 0.29) is 41.2 Å². The maximum atomic E-state index is 13.9. The summed E-state index contributed by atoms with van der Waals surface area (Å²) in [6.07, 6.45) is 1.92. The zero-order valence-corrected chi connectivity index (χ0v) is 21.7. The fourth-order valence-electron chi connectivity index (χ4n) is 4.86. The van der Waals surface area contributed by atoms with Gasteiger partial charge < -0.3 is 5.32 Å². The Morgan fingerprint density at radius 2 is 1.74 bits per heavy atom. The molecular weight excluding hydrogens is 499 g/mol. The smallest absolute Gasteiger partial charge is 0.240 e. The van der Waals surface area contributed by atoms with Gasteiger partial charge in [0.15, 0.2) is 0 Å². The van der Waals surface area contributed by atoms with Crippen LogP contribution in [0.3, 0.4) is 0 Å². The maximum absolute atomic E-state index is 13.9. The lowest BCUT2D eigenvalue weighted by molar-refractivity contribution is -0.123. The van der Waals surface area contributed by atoms with Crippen LogP contribution < -0.4 is 10.2 Å². The van der Waals surface area contributed by atoms with Gasteiger partial charge in [-0.25, -0.2) is 9.07 Å². The molecule has 1 atom stereocenters. The summed E-state index contributed by atoms with van der Waals surface area (Å²) in [6, 6.07) is 24.2. The van der Waals surface area contributed by atoms with Gasteiger partial charge in [0.25, 0.3) is 0 Å². The summed E-state index contributed by atoms with van der Waals surface area (Å²) in [6.45, 7) is 1.96. The highest BCUT2D eigenvalue weighted by Crippen LogP contribution is 2.49. The Morgan fingerprint density at radius 3 is 2.45 bits per heavy atom. The van der Waals surface area contributed by atoms with Gasteiger partial charge >= 0.3 is 0 Å². The summed E-state index contributed by atoms with van der Waals surface area (Å²) < 4.78 is 15.6. The van der Waals surface area contributed by atoms with Crippen LogP contribution in [0.1, 0.15) is 34.8 Å². The first-order chi connectivity index (χ1) is 18.5. The number of nitrogens with one attached hydrogen (secondary N) is 1. The molecule has 1 aliphatic carbocycles. The average molecular weight is 527 g/mol. The highest BCUT2D eigenvalue weighted by atomic mass is 32.2. The lowest BCUT2D eigenvalue weighted by atomic mass is 9.97. The molecule has 2 aliphatic rings. The number of aromatic nitrogens is 2. The topological polar surface area (TPSA) is 67.2 Å². The second-order valence-electron chi connectivity index (χ2n) is 9.71. The van der Waals surface area contributed by atoms with E-state index in [1.54, 1.807) is 33.5 Å². The third kappa shape index (κ3) is 4.72. The predicted octanol–water partition coefficient (Wildman–Crippen LogP) is 5.43. The minimum absolute atomic E-state index is 0.107. The van der Waals surface area contributed by atoms with Crippen LogP contribution in [0.25, 0.3) is 16.9 Å². The van der Waals surface area contributed by atoms with Gasteiger partial charge in [-0.3, -0.25) is 14.5 Å². The normalized spacial score (nSPS) is 17.2. The summed E-state index contributed by atoms with van der Waals surface area (Å²) >= 11 is 1.54. The molecule has 1 N–H and O–H groups in total. The number of amides is 2. The number of carbonyl (C=O) groups is 2. The van der Waals surface area contributed by atoms with Gasteiger partial charge in [-0.2, -0.15) is 5.10 Å². The van der Waals surface area contributed by atoms with Crippen molar-refractivity contribution in [3.8, 4) is 16.9 Å². The van der Waals surface area contributed by atoms with Crippen molar-refractivity contribution in [2.24, 2.45) is 0 Å². The van der Waals surface area contributed by atoms with Gasteiger partial charge in [0.1, 0.15) is 18.2 Å². The molecule has 192 valence electrons. The Kier molecular flexibility index (Phi) is 6.49. The summed E-state index contributed by atoms with van der Waals surface area (Å²) in [5.74, 6) is 0.0348. The number of rotatable bonds is 6. The summed E-state index contributed by atoms with van der Waals surface area (Å²) in [5, 5.41) is 7.84. The predicted molar refractivity (Wildman–Crippen MR) is 148 cm³/mol. The molecule has 0 bridgehead atoms. The van der Waals surface area contributed by atoms with Gasteiger partial charge in [0.05, 0.1) is 22.4 Å². The SMILES string of the molecule is Cc1ccccc1[C@H]1SCC(=O)N(CC(=O)NC2CC2)c2c1c(-c1ccccc1)nn2-c1ccc(F)cc1. The van der Waals surface area contributed by atoms with Crippen molar-refractivity contribution >= 4 is 29.4 Å². The van der Waals surface area contributed by atoms with E-state index in [1.807, 2.05) is 42.5 Å². The number of aryl methyl sites for hydroxylation is 1. The quantitative estimate of drug-likeness (QED) is 0.364. The number of nitrogens with zero attached hydrogens (tertiary/aromatic N) is 3. The van der Waals surface area contributed by atoms with Crippen molar-refractivity contribution < 1.29 is 14.0 Å². The molecule has 2 heterocycles. The fraction of sp³-hybridized carbons (Fsp3) is 0.233. The van der Waals surface area contributed by atoms with Crippen molar-refractivity contribution in [3.05, 3.63) is 101 Å². The number of hydrogen-bond donors (Lipinski definition) is 1. The van der Waals surface area contributed by atoms with Gasteiger partial charge in [-0.1, -0.05) is 54.6 Å². The highest BCUT2D eigenvalue weighted by Gasteiger charge is 2.38. The second-order valence-corrected chi connectivity index (χ2v) is 10.8. The third-order valence-corrected chi connectivity index (χ3v) is 8.16. The van der Waals surface area contributed by atoms with E-state index in [2.05, 4.69) is 24.4 Å². The monoisotopic (exact) mass is 526 g/mol. The van der Waals surface area contributed by atoms with Gasteiger partial charge in [0.2, 0.25) is 11.8 Å². The molecule has 1 fully saturated rings. The van der Waals surface area contributed by atoms with E-state index < -0.39 is 0 Å². The van der Waals surface area contributed by atoms with Crippen LogP contribution in [-0.2, 0) is 9.59 Å². The average Bonchev–Trinajstić information content (AvgIpc) is 3.68. The second kappa shape index (κ2) is 10.1. The first-order valence-corrected chi connectivity index (χ1v) is 13.8. The molecule has 1 aromatic heterocycles. The molecule has 1 saturated carbocycles. The van der Waals surface area contributed by atoms with Crippen molar-refractivity contribution in [1.29, 1.82) is 0 Å². The number of carbonyl (C=O) groups excluding carboxylic acids is 2. The van der Waals surface area contributed by atoms with Crippen LogP contribution in [0.2, 0.25) is 0 Å². The van der Waals surface area contributed by atoms with Crippen molar-refractivity contribution in [2.45, 2.75) is 31.1 Å². The first-order valence-electron chi connectivity index (χ1n) is 12.7. The standard InChI is InChI=1S/C30H27FN4O2S/c1-19-7-5-6-10-24(19)29-27-28(20-8-3-2-4-9-20)33-35(23-15-11-21(31)12-16-23)30(27)34(26(37)18-38-29)17-25(36)32-22-13-14-22/h2-12,15-16,22,29H,13-14,17-18H2,1H3,(H,32,36)/t29-/m1/s1. The molecule has 0 spiro atoms. The van der Waals surface area contributed by atoms with Crippen LogP contribution in [0.4, 0.5) is 10.2 Å². The molecule has 6 rings (SSSR count). The molecule has 1 aliphatic heterocycles. The number of fused-ring (bicyclic) bond motifs is 1. The lowest BCUT2D eigenvalue weighted by Crippen LogP contribution is -2.43. The molecule has 2 amide bonds. The Balaban J connectivity index is 1.61. The highest BCUT2D eigenvalue weighted by molar-refractivity contribution is 8.00. The summed E-state index contributed by atoms with van der Waals surface area (Å²) in [7, 11) is 0. The maximum Gasteiger partial charge on any atom is 0.240 e. The molecule has 6 nitrogen and oxygen atoms in total. The van der Waals surface area contributed by atoms with Crippen LogP contribution >= 0.6 is 11.8 Å². The first kappa shape index (κ1) is 24.4. The summed E-state index contributed by atoms with van der Waals surface area (Å²) in [5.41, 5.74) is 5.31. The van der Waals surface area contributed by atoms with Crippen molar-refractivity contribution in [1.82, 2.24) is 15.1 Å². The van der Waals surface area contributed by atoms with Gasteiger partial charge in [-0.05, 0) is 55.2 Å². The number of halogens is 1. The Bertz CT molecular complexity index is 1500. The molecule has 0 saturated heterocycles. The van der Waals surface area contributed by atoms with Crippen molar-refractivity contribution in [3.63, 3.8) is 0 Å². The molecule has 0 radical (unpaired) electrons. The Labute approximate surface area is 224 Å². The van der Waals surface area contributed by atoms with E-state index in [9.17, 15) is 14.0 Å². The summed E-state index contributed by atoms with van der Waals surface area (Å²) in [4.78, 5) is 28.3. The fourth-order valence-corrected chi connectivity index (χ4v) is 6.15. The van der Waals surface area contributed by atoms with E-state index >= 15 is 0 Å². The molecule has 3 aromatic carbocycles. The number of benzene rings is 3. The van der Waals surface area contributed by atoms with Crippen molar-refractivity contribution in [2.75, 3.05) is 17.2 Å². The van der Waals surface area contributed by atoms with Crippen LogP contribution in [0.5, 0.6) is 0 Å². The molecule has 4 aromatic rings. The number of anilines is 1. The van der Waals surface area contributed by atoms with Gasteiger partial charge in [0, 0.05) is 17.2 Å². The zero-order chi connectivity index (χ0) is 26.2. The van der Waals surface area contributed by atoms with Crippen LogP contribution in [0.15, 0.2) is 78.9 Å². The lowest BCUT2D eigenvalue weighted by Gasteiger charge is -2.23. The van der Waals surface area contributed by atoms with Gasteiger partial charge in [-0.15, -0.1) is 11.8 Å². The Morgan fingerprint density at radius 1 is 1.03 bits per heavy atom. The molecule has 0 unspecified atom stereocenters. The van der Waals surface area contributed by atoms with E-state index in [0.29, 0.717) is 11.5 Å². The minimum Gasteiger partial charge on any atom is -0.352 e. The zero-order valence-electron chi connectivity index (χ0n) is 20.9. The molecule has 8 heteroatoms. The third-order valence-electron chi connectivity index (χ3n) is 6.92. The number of hydrogen-bond acceptors (Lipinski definition) is 4. The molecule has 38 heavy (non-hydrogen) atoms. The largest absolute Gasteiger partial charge is 0.352 e. The minimum atomic E-state index is -0.361. The van der Waals surface area contributed by atoms with E-state index in [1.165, 1.54) is 12.1 Å². The molecular formula is C30H27FN4O2S. The number of thioether (sulfide) groups is 1. The van der Waals surface area contributed by atoms with Crippen LogP contribution in [-0.4, -0.2) is 39.9 Å². The van der Waals surface area contributed by atoms with E-state index in [0.717, 1.165) is 40.8 Å². The van der Waals surface area contributed by atoms with Crippen LogP contribution in [0, 0.1) is 12.7 Å².